The van der Waals surface area contributed by atoms with E-state index < -0.39 is 15.9 Å². The van der Waals surface area contributed by atoms with E-state index in [2.05, 4.69) is 10.6 Å². The summed E-state index contributed by atoms with van der Waals surface area (Å²) >= 11 is 6.19. The Labute approximate surface area is 197 Å². The molecule has 0 bridgehead atoms. The summed E-state index contributed by atoms with van der Waals surface area (Å²) in [7, 11) is -2.16. The largest absolute Gasteiger partial charge is 0.497 e. The molecule has 0 spiro atoms. The summed E-state index contributed by atoms with van der Waals surface area (Å²) in [6, 6.07) is 13.2. The van der Waals surface area contributed by atoms with Crippen molar-refractivity contribution in [2.75, 3.05) is 38.7 Å². The van der Waals surface area contributed by atoms with Crippen molar-refractivity contribution in [1.29, 1.82) is 5.26 Å². The maximum atomic E-state index is 12.9. The van der Waals surface area contributed by atoms with E-state index in [0.29, 0.717) is 19.0 Å². The number of benzene rings is 2. The van der Waals surface area contributed by atoms with Crippen molar-refractivity contribution in [3.05, 3.63) is 64.8 Å². The number of methoxy groups -OCH3 is 1. The van der Waals surface area contributed by atoms with Crippen LogP contribution in [0.1, 0.15) is 5.56 Å². The second-order valence-corrected chi connectivity index (χ2v) is 9.35. The summed E-state index contributed by atoms with van der Waals surface area (Å²) < 4.78 is 37.4. The highest BCUT2D eigenvalue weighted by Gasteiger charge is 2.26. The van der Waals surface area contributed by atoms with Crippen LogP contribution in [0.3, 0.4) is 0 Å². The minimum atomic E-state index is -3.73. The zero-order valence-electron chi connectivity index (χ0n) is 17.9. The van der Waals surface area contributed by atoms with Crippen molar-refractivity contribution in [3.8, 4) is 11.8 Å². The fraction of sp³-hybridized carbons (Fsp3) is 0.273. The maximum absolute atomic E-state index is 12.9. The molecule has 0 atom stereocenters. The molecule has 1 heterocycles. The lowest BCUT2D eigenvalue weighted by Gasteiger charge is -2.26. The average Bonchev–Trinajstić information content (AvgIpc) is 2.84. The maximum Gasteiger partial charge on any atom is 0.263 e. The van der Waals surface area contributed by atoms with Crippen molar-refractivity contribution in [3.63, 3.8) is 0 Å². The predicted molar refractivity (Wildman–Crippen MR) is 123 cm³/mol. The van der Waals surface area contributed by atoms with Gasteiger partial charge in [0.25, 0.3) is 5.91 Å². The molecule has 1 amide bonds. The van der Waals surface area contributed by atoms with Gasteiger partial charge in [-0.1, -0.05) is 23.7 Å². The standard InChI is InChI=1S/C22H23ClN4O5S/c1-31-18-4-2-16(3-5-18)14-26-22(28)17(13-24)15-25-21-12-19(6-7-20(21)23)33(29,30)27-8-10-32-11-9-27/h2-7,12,15,25H,8-11,14H2,1H3,(H,26,28)/b17-15-. The summed E-state index contributed by atoms with van der Waals surface area (Å²) in [5, 5.41) is 15.1. The molecule has 1 saturated heterocycles. The lowest BCUT2D eigenvalue weighted by molar-refractivity contribution is -0.117. The summed E-state index contributed by atoms with van der Waals surface area (Å²) in [4.78, 5) is 12.4. The first-order valence-electron chi connectivity index (χ1n) is 10.0. The molecule has 2 N–H and O–H groups in total. The number of halogens is 1. The van der Waals surface area contributed by atoms with Crippen LogP contribution in [0.4, 0.5) is 5.69 Å². The molecule has 0 radical (unpaired) electrons. The van der Waals surface area contributed by atoms with Gasteiger partial charge >= 0.3 is 0 Å². The molecule has 3 rings (SSSR count). The van der Waals surface area contributed by atoms with Crippen LogP contribution in [0.5, 0.6) is 5.75 Å². The van der Waals surface area contributed by atoms with Gasteiger partial charge in [0.05, 0.1) is 35.9 Å². The zero-order valence-corrected chi connectivity index (χ0v) is 19.4. The number of hydrogen-bond donors (Lipinski definition) is 2. The number of amides is 1. The molecule has 1 fully saturated rings. The van der Waals surface area contributed by atoms with Crippen LogP contribution in [0, 0.1) is 11.3 Å². The van der Waals surface area contributed by atoms with Crippen molar-refractivity contribution in [2.45, 2.75) is 11.4 Å². The lowest BCUT2D eigenvalue weighted by atomic mass is 10.2. The molecule has 0 aliphatic carbocycles. The third-order valence-corrected chi connectivity index (χ3v) is 7.12. The second-order valence-electron chi connectivity index (χ2n) is 7.00. The van der Waals surface area contributed by atoms with E-state index in [-0.39, 0.29) is 40.8 Å². The fourth-order valence-corrected chi connectivity index (χ4v) is 4.64. The number of nitrogens with one attached hydrogen (secondary N) is 2. The molecule has 2 aromatic rings. The summed E-state index contributed by atoms with van der Waals surface area (Å²) in [5.74, 6) is 0.107. The van der Waals surface area contributed by atoms with E-state index in [0.717, 1.165) is 5.56 Å². The van der Waals surface area contributed by atoms with Crippen LogP contribution in [0.15, 0.2) is 59.1 Å². The quantitative estimate of drug-likeness (QED) is 0.430. The molecular weight excluding hydrogens is 468 g/mol. The van der Waals surface area contributed by atoms with Crippen molar-refractivity contribution in [2.24, 2.45) is 0 Å². The Morgan fingerprint density at radius 2 is 1.94 bits per heavy atom. The minimum Gasteiger partial charge on any atom is -0.497 e. The Balaban J connectivity index is 1.70. The normalized spacial score (nSPS) is 14.9. The van der Waals surface area contributed by atoms with Crippen LogP contribution in [-0.4, -0.2) is 52.0 Å². The Kier molecular flexibility index (Phi) is 8.30. The van der Waals surface area contributed by atoms with Gasteiger partial charge in [-0.2, -0.15) is 9.57 Å². The Hall–Kier alpha value is -3.10. The summed E-state index contributed by atoms with van der Waals surface area (Å²) in [6.07, 6.45) is 1.19. The smallest absolute Gasteiger partial charge is 0.263 e. The number of sulfonamides is 1. The fourth-order valence-electron chi connectivity index (χ4n) is 3.03. The number of morpholine rings is 1. The van der Waals surface area contributed by atoms with Crippen molar-refractivity contribution >= 4 is 33.2 Å². The SMILES string of the molecule is COc1ccc(CNC(=O)/C(C#N)=C\Nc2cc(S(=O)(=O)N3CCOCC3)ccc2Cl)cc1. The number of rotatable bonds is 8. The summed E-state index contributed by atoms with van der Waals surface area (Å²) in [6.45, 7) is 1.41. The van der Waals surface area contributed by atoms with Crippen LogP contribution < -0.4 is 15.4 Å². The van der Waals surface area contributed by atoms with Crippen molar-refractivity contribution < 1.29 is 22.7 Å². The monoisotopic (exact) mass is 490 g/mol. The number of anilines is 1. The first-order chi connectivity index (χ1) is 15.8. The van der Waals surface area contributed by atoms with E-state index >= 15 is 0 Å². The predicted octanol–water partition coefficient (Wildman–Crippen LogP) is 2.51. The van der Waals surface area contributed by atoms with Gasteiger partial charge < -0.3 is 20.1 Å². The summed E-state index contributed by atoms with van der Waals surface area (Å²) in [5.41, 5.74) is 0.890. The molecular formula is C22H23ClN4O5S. The average molecular weight is 491 g/mol. The highest BCUT2D eigenvalue weighted by Crippen LogP contribution is 2.27. The molecule has 11 heteroatoms. The first kappa shape index (κ1) is 24.5. The molecule has 0 saturated carbocycles. The molecule has 0 unspecified atom stereocenters. The van der Waals surface area contributed by atoms with E-state index in [1.165, 1.54) is 28.7 Å². The van der Waals surface area contributed by atoms with Crippen LogP contribution in [0.25, 0.3) is 0 Å². The van der Waals surface area contributed by atoms with E-state index in [1.54, 1.807) is 31.4 Å². The van der Waals surface area contributed by atoms with Gasteiger partial charge in [0, 0.05) is 25.8 Å². The molecule has 174 valence electrons. The number of carbonyl (C=O) groups is 1. The number of nitrogens with zero attached hydrogens (tertiary/aromatic N) is 2. The lowest BCUT2D eigenvalue weighted by Crippen LogP contribution is -2.40. The van der Waals surface area contributed by atoms with E-state index in [4.69, 9.17) is 21.1 Å². The van der Waals surface area contributed by atoms with Gasteiger partial charge in [0.2, 0.25) is 10.0 Å². The van der Waals surface area contributed by atoms with Gasteiger partial charge in [-0.25, -0.2) is 8.42 Å². The third kappa shape index (κ3) is 6.24. The van der Waals surface area contributed by atoms with Crippen molar-refractivity contribution in [1.82, 2.24) is 9.62 Å². The molecule has 9 nitrogen and oxygen atoms in total. The van der Waals surface area contributed by atoms with Gasteiger partial charge in [0.15, 0.2) is 0 Å². The van der Waals surface area contributed by atoms with E-state index in [9.17, 15) is 18.5 Å². The minimum absolute atomic E-state index is 0.0483. The number of carbonyl (C=O) groups excluding carboxylic acids is 1. The van der Waals surface area contributed by atoms with Gasteiger partial charge in [0.1, 0.15) is 17.4 Å². The second kappa shape index (κ2) is 11.2. The Morgan fingerprint density at radius 3 is 2.58 bits per heavy atom. The molecule has 1 aliphatic rings. The molecule has 1 aliphatic heterocycles. The number of hydrogen-bond acceptors (Lipinski definition) is 7. The zero-order chi connectivity index (χ0) is 23.8. The van der Waals surface area contributed by atoms with Gasteiger partial charge in [-0.15, -0.1) is 0 Å². The molecule has 0 aromatic heterocycles. The van der Waals surface area contributed by atoms with Crippen LogP contribution in [0.2, 0.25) is 5.02 Å². The highest BCUT2D eigenvalue weighted by atomic mass is 35.5. The molecule has 2 aromatic carbocycles. The number of nitriles is 1. The Morgan fingerprint density at radius 1 is 1.24 bits per heavy atom. The van der Waals surface area contributed by atoms with Crippen LogP contribution >= 0.6 is 11.6 Å². The first-order valence-corrected chi connectivity index (χ1v) is 11.8. The van der Waals surface area contributed by atoms with Gasteiger partial charge in [-0.3, -0.25) is 4.79 Å². The van der Waals surface area contributed by atoms with Crippen LogP contribution in [-0.2, 0) is 26.1 Å². The highest BCUT2D eigenvalue weighted by molar-refractivity contribution is 7.89. The van der Waals surface area contributed by atoms with Gasteiger partial charge in [-0.05, 0) is 35.9 Å². The third-order valence-electron chi connectivity index (χ3n) is 4.89. The van der Waals surface area contributed by atoms with E-state index in [1.807, 2.05) is 6.07 Å². The molecule has 33 heavy (non-hydrogen) atoms. The Bertz CT molecular complexity index is 1170. The topological polar surface area (TPSA) is 121 Å². The number of ether oxygens (including phenoxy) is 2.